The van der Waals surface area contributed by atoms with Gasteiger partial charge in [0.05, 0.1) is 12.8 Å². The fourth-order valence-corrected chi connectivity index (χ4v) is 4.06. The van der Waals surface area contributed by atoms with Crippen LogP contribution in [0.15, 0.2) is 82.8 Å². The molecule has 2 heterocycles. The monoisotopic (exact) mass is 513 g/mol. The van der Waals surface area contributed by atoms with E-state index in [2.05, 4.69) is 47.7 Å². The van der Waals surface area contributed by atoms with Crippen LogP contribution in [0, 0.1) is 13.8 Å². The van der Waals surface area contributed by atoms with Gasteiger partial charge in [-0.05, 0) is 93.4 Å². The topological polar surface area (TPSA) is 98.2 Å². The van der Waals surface area contributed by atoms with Gasteiger partial charge in [-0.25, -0.2) is 5.43 Å². The van der Waals surface area contributed by atoms with Gasteiger partial charge >= 0.3 is 5.91 Å². The van der Waals surface area contributed by atoms with Crippen molar-refractivity contribution in [1.82, 2.24) is 9.99 Å². The smallest absolute Gasteiger partial charge is 0.307 e. The zero-order valence-electron chi connectivity index (χ0n) is 21.7. The quantitative estimate of drug-likeness (QED) is 0.149. The molecular weight excluding hydrogens is 482 g/mol. The van der Waals surface area contributed by atoms with Gasteiger partial charge in [0.15, 0.2) is 17.3 Å². The number of hydrazone groups is 1. The molecule has 2 aromatic carbocycles. The zero-order chi connectivity index (χ0) is 27.1. The van der Waals surface area contributed by atoms with Crippen LogP contribution >= 0.6 is 0 Å². The standard InChI is InChI=1S/C30H31N3O5/c1-5-7-23-16-22(17-28(29(23)34)36-6-2)18-31-32-30(35)27-15-14-26(38-27)19-37-25-12-10-24(11-13-25)33-20(3)8-9-21(33)4/h5,8-18,34H,1,6-7,19H2,2-4H3,(H,32,35)/b31-18+. The number of nitrogens with zero attached hydrogens (tertiary/aromatic N) is 2. The molecule has 8 heteroatoms. The summed E-state index contributed by atoms with van der Waals surface area (Å²) < 4.78 is 19.1. The third-order valence-electron chi connectivity index (χ3n) is 5.85. The zero-order valence-corrected chi connectivity index (χ0v) is 21.7. The van der Waals surface area contributed by atoms with Gasteiger partial charge in [0.1, 0.15) is 18.1 Å². The third kappa shape index (κ3) is 6.15. The molecule has 1 amide bonds. The van der Waals surface area contributed by atoms with Crippen molar-refractivity contribution in [1.29, 1.82) is 0 Å². The molecule has 0 radical (unpaired) electrons. The summed E-state index contributed by atoms with van der Waals surface area (Å²) in [5.41, 5.74) is 7.15. The number of allylic oxidation sites excluding steroid dienone is 1. The Labute approximate surface area is 221 Å². The number of carbonyl (C=O) groups is 1. The fraction of sp³-hybridized carbons (Fsp3) is 0.200. The first-order chi connectivity index (χ1) is 18.4. The maximum atomic E-state index is 12.5. The molecule has 0 fully saturated rings. The predicted octanol–water partition coefficient (Wildman–Crippen LogP) is 5.86. The molecule has 0 aliphatic heterocycles. The number of phenolic OH excluding ortho intramolecular Hbond substituents is 1. The van der Waals surface area contributed by atoms with Crippen LogP contribution in [0.4, 0.5) is 0 Å². The Kier molecular flexibility index (Phi) is 8.33. The van der Waals surface area contributed by atoms with Crippen LogP contribution in [0.1, 0.15) is 45.8 Å². The second-order valence-corrected chi connectivity index (χ2v) is 8.65. The molecule has 196 valence electrons. The van der Waals surface area contributed by atoms with Crippen molar-refractivity contribution in [3.05, 3.63) is 107 Å². The van der Waals surface area contributed by atoms with Crippen LogP contribution in [0.2, 0.25) is 0 Å². The van der Waals surface area contributed by atoms with Gasteiger partial charge in [0.25, 0.3) is 0 Å². The van der Waals surface area contributed by atoms with E-state index >= 15 is 0 Å². The summed E-state index contributed by atoms with van der Waals surface area (Å²) in [5, 5.41) is 14.3. The van der Waals surface area contributed by atoms with Gasteiger partial charge in [-0.15, -0.1) is 6.58 Å². The molecule has 2 N–H and O–H groups in total. The first-order valence-electron chi connectivity index (χ1n) is 12.3. The van der Waals surface area contributed by atoms with E-state index in [0.717, 1.165) is 17.1 Å². The molecule has 0 atom stereocenters. The lowest BCUT2D eigenvalue weighted by molar-refractivity contribution is 0.0923. The van der Waals surface area contributed by atoms with E-state index in [9.17, 15) is 9.90 Å². The molecule has 2 aromatic heterocycles. The van der Waals surface area contributed by atoms with Gasteiger partial charge in [-0.2, -0.15) is 5.10 Å². The van der Waals surface area contributed by atoms with Crippen molar-refractivity contribution in [2.75, 3.05) is 6.61 Å². The number of furan rings is 1. The highest BCUT2D eigenvalue weighted by Gasteiger charge is 2.12. The summed E-state index contributed by atoms with van der Waals surface area (Å²) >= 11 is 0. The lowest BCUT2D eigenvalue weighted by Crippen LogP contribution is -2.16. The highest BCUT2D eigenvalue weighted by Crippen LogP contribution is 2.32. The Morgan fingerprint density at radius 1 is 1.08 bits per heavy atom. The second kappa shape index (κ2) is 12.0. The van der Waals surface area contributed by atoms with Crippen molar-refractivity contribution in [2.24, 2.45) is 5.10 Å². The fourth-order valence-electron chi connectivity index (χ4n) is 4.06. The second-order valence-electron chi connectivity index (χ2n) is 8.65. The number of phenols is 1. The van der Waals surface area contributed by atoms with E-state index in [1.165, 1.54) is 6.21 Å². The van der Waals surface area contributed by atoms with Crippen molar-refractivity contribution in [2.45, 2.75) is 33.8 Å². The Bertz CT molecular complexity index is 1430. The molecule has 0 saturated heterocycles. The number of ether oxygens (including phenoxy) is 2. The summed E-state index contributed by atoms with van der Waals surface area (Å²) in [4.78, 5) is 12.5. The first kappa shape index (κ1) is 26.3. The van der Waals surface area contributed by atoms with Crippen LogP contribution in [-0.2, 0) is 13.0 Å². The molecule has 8 nitrogen and oxygen atoms in total. The van der Waals surface area contributed by atoms with Gasteiger partial charge in [0.2, 0.25) is 0 Å². The summed E-state index contributed by atoms with van der Waals surface area (Å²) in [6.07, 6.45) is 3.62. The van der Waals surface area contributed by atoms with E-state index in [-0.39, 0.29) is 18.1 Å². The third-order valence-corrected chi connectivity index (χ3v) is 5.85. The maximum absolute atomic E-state index is 12.5. The number of rotatable bonds is 11. The highest BCUT2D eigenvalue weighted by atomic mass is 16.5. The van der Waals surface area contributed by atoms with Gasteiger partial charge in [-0.3, -0.25) is 4.79 Å². The molecule has 0 aliphatic carbocycles. The van der Waals surface area contributed by atoms with Gasteiger partial charge in [-0.1, -0.05) is 6.08 Å². The average Bonchev–Trinajstić information content (AvgIpc) is 3.52. The molecule has 0 unspecified atom stereocenters. The summed E-state index contributed by atoms with van der Waals surface area (Å²) in [5.74, 6) is 1.24. The number of carbonyl (C=O) groups excluding carboxylic acids is 1. The predicted molar refractivity (Wildman–Crippen MR) is 147 cm³/mol. The summed E-state index contributed by atoms with van der Waals surface area (Å²) in [7, 11) is 0. The number of aromatic nitrogens is 1. The van der Waals surface area contributed by atoms with Crippen molar-refractivity contribution < 1.29 is 23.8 Å². The SMILES string of the molecule is C=CCc1cc(/C=N/NC(=O)c2ccc(COc3ccc(-n4c(C)ccc4C)cc3)o2)cc(OCC)c1O. The van der Waals surface area contributed by atoms with Gasteiger partial charge < -0.3 is 23.6 Å². The van der Waals surface area contributed by atoms with E-state index in [4.69, 9.17) is 13.9 Å². The molecular formula is C30H31N3O5. The molecule has 0 aliphatic rings. The number of amides is 1. The number of hydrogen-bond acceptors (Lipinski definition) is 6. The van der Waals surface area contributed by atoms with Crippen LogP contribution in [0.5, 0.6) is 17.2 Å². The summed E-state index contributed by atoms with van der Waals surface area (Å²) in [6, 6.07) is 18.6. The largest absolute Gasteiger partial charge is 0.504 e. The Morgan fingerprint density at radius 2 is 1.82 bits per heavy atom. The molecule has 0 saturated carbocycles. The molecule has 0 spiro atoms. The summed E-state index contributed by atoms with van der Waals surface area (Å²) in [6.45, 7) is 10.3. The van der Waals surface area contributed by atoms with E-state index in [1.54, 1.807) is 30.3 Å². The van der Waals surface area contributed by atoms with Crippen molar-refractivity contribution >= 4 is 12.1 Å². The Hall–Kier alpha value is -4.72. The maximum Gasteiger partial charge on any atom is 0.307 e. The average molecular weight is 514 g/mol. The minimum absolute atomic E-state index is 0.0697. The first-order valence-corrected chi connectivity index (χ1v) is 12.3. The van der Waals surface area contributed by atoms with E-state index in [1.807, 2.05) is 31.2 Å². The number of nitrogens with one attached hydrogen (secondary N) is 1. The minimum Gasteiger partial charge on any atom is -0.504 e. The highest BCUT2D eigenvalue weighted by molar-refractivity contribution is 5.92. The number of aryl methyl sites for hydroxylation is 2. The van der Waals surface area contributed by atoms with Crippen LogP contribution in [0.3, 0.4) is 0 Å². The molecule has 0 bridgehead atoms. The van der Waals surface area contributed by atoms with Crippen LogP contribution in [-0.4, -0.2) is 28.4 Å². The van der Waals surface area contributed by atoms with E-state index in [0.29, 0.717) is 41.4 Å². The van der Waals surface area contributed by atoms with Crippen LogP contribution < -0.4 is 14.9 Å². The lowest BCUT2D eigenvalue weighted by Gasteiger charge is -2.11. The van der Waals surface area contributed by atoms with E-state index < -0.39 is 5.91 Å². The lowest BCUT2D eigenvalue weighted by atomic mass is 10.1. The number of aromatic hydroxyl groups is 1. The van der Waals surface area contributed by atoms with Crippen molar-refractivity contribution in [3.8, 4) is 22.9 Å². The Balaban J connectivity index is 1.34. The molecule has 4 aromatic rings. The van der Waals surface area contributed by atoms with Gasteiger partial charge in [0, 0.05) is 22.6 Å². The Morgan fingerprint density at radius 3 is 2.50 bits per heavy atom. The molecule has 38 heavy (non-hydrogen) atoms. The van der Waals surface area contributed by atoms with Crippen molar-refractivity contribution in [3.63, 3.8) is 0 Å². The van der Waals surface area contributed by atoms with Crippen LogP contribution in [0.25, 0.3) is 5.69 Å². The number of benzene rings is 2. The normalized spacial score (nSPS) is 11.0. The number of hydrogen-bond donors (Lipinski definition) is 2. The minimum atomic E-state index is -0.496. The molecule has 4 rings (SSSR count).